The number of nitrogens with zero attached hydrogens (tertiary/aromatic N) is 1. The molecule has 0 amide bonds. The molecular formula is C13H21N3O4S. The molecule has 0 aliphatic heterocycles. The van der Waals surface area contributed by atoms with E-state index in [1.165, 1.54) is 6.07 Å². The Balaban J connectivity index is 2.66. The van der Waals surface area contributed by atoms with Gasteiger partial charge in [0, 0.05) is 12.6 Å². The highest BCUT2D eigenvalue weighted by atomic mass is 32.2. The summed E-state index contributed by atoms with van der Waals surface area (Å²) >= 11 is 0. The lowest BCUT2D eigenvalue weighted by molar-refractivity contribution is -0.383. The largest absolute Gasteiger partial charge is 0.393 e. The highest BCUT2D eigenvalue weighted by molar-refractivity contribution is 7.89. The number of nitro benzene ring substituents is 1. The molecule has 1 rings (SSSR count). The van der Waals surface area contributed by atoms with Crippen molar-refractivity contribution >= 4 is 21.4 Å². The fourth-order valence-corrected chi connectivity index (χ4v) is 2.94. The van der Waals surface area contributed by atoms with Gasteiger partial charge in [-0.05, 0) is 24.5 Å². The van der Waals surface area contributed by atoms with Crippen molar-refractivity contribution < 1.29 is 13.3 Å². The van der Waals surface area contributed by atoms with Crippen LogP contribution in [0.2, 0.25) is 0 Å². The zero-order valence-electron chi connectivity index (χ0n) is 12.2. The van der Waals surface area contributed by atoms with Gasteiger partial charge in [0.05, 0.1) is 9.82 Å². The zero-order chi connectivity index (χ0) is 16.0. The molecule has 0 fully saturated rings. The Hall–Kier alpha value is -1.67. The lowest BCUT2D eigenvalue weighted by Crippen LogP contribution is -2.25. The molecule has 0 bridgehead atoms. The minimum atomic E-state index is -3.68. The molecule has 0 atom stereocenters. The lowest BCUT2D eigenvalue weighted by Gasteiger charge is -2.08. The summed E-state index contributed by atoms with van der Waals surface area (Å²) in [6.07, 6.45) is 2.74. The summed E-state index contributed by atoms with van der Waals surface area (Å²) in [6, 6.07) is 3.39. The Morgan fingerprint density at radius 2 is 2.00 bits per heavy atom. The third-order valence-electron chi connectivity index (χ3n) is 3.01. The van der Waals surface area contributed by atoms with E-state index in [9.17, 15) is 18.5 Å². The molecule has 0 spiro atoms. The van der Waals surface area contributed by atoms with Gasteiger partial charge in [-0.3, -0.25) is 10.1 Å². The van der Waals surface area contributed by atoms with Gasteiger partial charge in [-0.25, -0.2) is 13.1 Å². The Labute approximate surface area is 124 Å². The number of unbranched alkanes of at least 4 members (excludes halogenated alkanes) is 1. The summed E-state index contributed by atoms with van der Waals surface area (Å²) in [4.78, 5) is 9.93. The topological polar surface area (TPSA) is 115 Å². The molecule has 1 aromatic rings. The number of rotatable bonds is 8. The van der Waals surface area contributed by atoms with Gasteiger partial charge < -0.3 is 5.73 Å². The van der Waals surface area contributed by atoms with Gasteiger partial charge in [-0.1, -0.05) is 26.7 Å². The summed E-state index contributed by atoms with van der Waals surface area (Å²) < 4.78 is 26.5. The molecule has 7 nitrogen and oxygen atoms in total. The van der Waals surface area contributed by atoms with E-state index in [0.717, 1.165) is 31.4 Å². The fourth-order valence-electron chi connectivity index (χ4n) is 1.83. The molecule has 3 N–H and O–H groups in total. The number of nitrogens with two attached hydrogens (primary N) is 1. The summed E-state index contributed by atoms with van der Waals surface area (Å²) in [7, 11) is -3.68. The van der Waals surface area contributed by atoms with Crippen LogP contribution < -0.4 is 10.5 Å². The van der Waals surface area contributed by atoms with E-state index in [-0.39, 0.29) is 16.3 Å². The van der Waals surface area contributed by atoms with Gasteiger partial charge in [-0.2, -0.15) is 0 Å². The van der Waals surface area contributed by atoms with E-state index >= 15 is 0 Å². The van der Waals surface area contributed by atoms with Crippen molar-refractivity contribution in [1.29, 1.82) is 0 Å². The maximum atomic E-state index is 12.0. The molecular weight excluding hydrogens is 294 g/mol. The molecule has 0 saturated carbocycles. The van der Waals surface area contributed by atoms with Crippen LogP contribution in [-0.4, -0.2) is 19.9 Å². The number of hydrogen-bond acceptors (Lipinski definition) is 5. The van der Waals surface area contributed by atoms with Gasteiger partial charge in [0.25, 0.3) is 5.69 Å². The summed E-state index contributed by atoms with van der Waals surface area (Å²) in [5.74, 6) is 0.594. The second-order valence-corrected chi connectivity index (χ2v) is 7.03. The third-order valence-corrected chi connectivity index (χ3v) is 4.47. The zero-order valence-corrected chi connectivity index (χ0v) is 13.0. The fraction of sp³-hybridized carbons (Fsp3) is 0.538. The van der Waals surface area contributed by atoms with Crippen LogP contribution in [-0.2, 0) is 10.0 Å². The molecule has 0 aliphatic carbocycles. The number of nitro groups is 1. The van der Waals surface area contributed by atoms with E-state index in [4.69, 9.17) is 5.73 Å². The van der Waals surface area contributed by atoms with Crippen molar-refractivity contribution in [1.82, 2.24) is 4.72 Å². The van der Waals surface area contributed by atoms with Gasteiger partial charge >= 0.3 is 0 Å². The second-order valence-electron chi connectivity index (χ2n) is 5.27. The number of sulfonamides is 1. The van der Waals surface area contributed by atoms with Crippen molar-refractivity contribution in [2.24, 2.45) is 5.92 Å². The first-order chi connectivity index (χ1) is 9.74. The molecule has 0 radical (unpaired) electrons. The number of anilines is 1. The normalized spacial score (nSPS) is 11.8. The standard InChI is InChI=1S/C13H21N3O4S/c1-10(2)5-3-4-8-15-21(19,20)11-6-7-13(16(17)18)12(14)9-11/h6-7,9-10,15H,3-5,8,14H2,1-2H3. The van der Waals surface area contributed by atoms with E-state index < -0.39 is 14.9 Å². The van der Waals surface area contributed by atoms with E-state index in [0.29, 0.717) is 12.5 Å². The Morgan fingerprint density at radius 3 is 2.52 bits per heavy atom. The Bertz CT molecular complexity index is 599. The molecule has 0 aromatic heterocycles. The highest BCUT2D eigenvalue weighted by Gasteiger charge is 2.18. The minimum absolute atomic E-state index is 0.0607. The first-order valence-corrected chi connectivity index (χ1v) is 8.26. The smallest absolute Gasteiger partial charge is 0.292 e. The molecule has 21 heavy (non-hydrogen) atoms. The second kappa shape index (κ2) is 7.37. The van der Waals surface area contributed by atoms with E-state index in [1.807, 2.05) is 0 Å². The molecule has 0 aliphatic rings. The van der Waals surface area contributed by atoms with Gasteiger partial charge in [0.15, 0.2) is 0 Å². The predicted molar refractivity (Wildman–Crippen MR) is 81.4 cm³/mol. The van der Waals surface area contributed by atoms with Crippen LogP contribution >= 0.6 is 0 Å². The summed E-state index contributed by atoms with van der Waals surface area (Å²) in [6.45, 7) is 4.57. The SMILES string of the molecule is CC(C)CCCCNS(=O)(=O)c1ccc([N+](=O)[O-])c(N)c1. The first-order valence-electron chi connectivity index (χ1n) is 6.77. The summed E-state index contributed by atoms with van der Waals surface area (Å²) in [5, 5.41) is 10.6. The first kappa shape index (κ1) is 17.4. The Morgan fingerprint density at radius 1 is 1.33 bits per heavy atom. The lowest BCUT2D eigenvalue weighted by atomic mass is 10.1. The van der Waals surface area contributed by atoms with Crippen LogP contribution in [0.25, 0.3) is 0 Å². The van der Waals surface area contributed by atoms with Crippen molar-refractivity contribution in [3.8, 4) is 0 Å². The van der Waals surface area contributed by atoms with Crippen LogP contribution in [0.5, 0.6) is 0 Å². The number of benzene rings is 1. The van der Waals surface area contributed by atoms with Crippen LogP contribution in [0.3, 0.4) is 0 Å². The van der Waals surface area contributed by atoms with Gasteiger partial charge in [0.1, 0.15) is 5.69 Å². The van der Waals surface area contributed by atoms with Crippen molar-refractivity contribution in [3.63, 3.8) is 0 Å². The molecule has 0 saturated heterocycles. The molecule has 0 heterocycles. The molecule has 0 unspecified atom stereocenters. The number of nitrogen functional groups attached to an aromatic ring is 1. The van der Waals surface area contributed by atoms with Gasteiger partial charge in [-0.15, -0.1) is 0 Å². The maximum absolute atomic E-state index is 12.0. The highest BCUT2D eigenvalue weighted by Crippen LogP contribution is 2.24. The molecule has 118 valence electrons. The molecule has 1 aromatic carbocycles. The van der Waals surface area contributed by atoms with Crippen LogP contribution in [0.15, 0.2) is 23.1 Å². The van der Waals surface area contributed by atoms with Gasteiger partial charge in [0.2, 0.25) is 10.0 Å². The maximum Gasteiger partial charge on any atom is 0.292 e. The van der Waals surface area contributed by atoms with Crippen LogP contribution in [0, 0.1) is 16.0 Å². The van der Waals surface area contributed by atoms with Crippen LogP contribution in [0.1, 0.15) is 33.1 Å². The van der Waals surface area contributed by atoms with Crippen molar-refractivity contribution in [3.05, 3.63) is 28.3 Å². The quantitative estimate of drug-likeness (QED) is 0.330. The van der Waals surface area contributed by atoms with Crippen molar-refractivity contribution in [2.75, 3.05) is 12.3 Å². The van der Waals surface area contributed by atoms with E-state index in [2.05, 4.69) is 18.6 Å². The average molecular weight is 315 g/mol. The van der Waals surface area contributed by atoms with Crippen LogP contribution in [0.4, 0.5) is 11.4 Å². The van der Waals surface area contributed by atoms with E-state index in [1.54, 1.807) is 0 Å². The summed E-state index contributed by atoms with van der Waals surface area (Å²) in [5.41, 5.74) is 5.03. The minimum Gasteiger partial charge on any atom is -0.393 e. The predicted octanol–water partition coefficient (Wildman–Crippen LogP) is 2.28. The number of hydrogen-bond donors (Lipinski definition) is 2. The third kappa shape index (κ3) is 5.31. The monoisotopic (exact) mass is 315 g/mol. The Kier molecular flexibility index (Phi) is 6.10. The average Bonchev–Trinajstić information content (AvgIpc) is 2.37. The number of nitrogens with one attached hydrogen (secondary N) is 1. The van der Waals surface area contributed by atoms with Crippen molar-refractivity contribution in [2.45, 2.75) is 38.0 Å². The molecule has 8 heteroatoms.